The number of hydrogen-bond acceptors (Lipinski definition) is 3. The Labute approximate surface area is 151 Å². The average Bonchev–Trinajstić information content (AvgIpc) is 2.53. The van der Waals surface area contributed by atoms with E-state index >= 15 is 0 Å². The molecule has 0 atom stereocenters. The number of rotatable bonds is 7. The van der Waals surface area contributed by atoms with E-state index in [1.807, 2.05) is 49.4 Å². The Morgan fingerprint density at radius 3 is 2.58 bits per heavy atom. The van der Waals surface area contributed by atoms with E-state index in [1.54, 1.807) is 0 Å². The Balaban J connectivity index is 1.95. The van der Waals surface area contributed by atoms with Crippen LogP contribution in [0.1, 0.15) is 19.4 Å². The Bertz CT molecular complexity index is 701. The molecular formula is C19H22BrNO3. The van der Waals surface area contributed by atoms with Gasteiger partial charge in [-0.3, -0.25) is 4.79 Å². The predicted octanol–water partition coefficient (Wildman–Crippen LogP) is 4.81. The van der Waals surface area contributed by atoms with Gasteiger partial charge in [-0.15, -0.1) is 0 Å². The van der Waals surface area contributed by atoms with E-state index in [4.69, 9.17) is 9.47 Å². The van der Waals surface area contributed by atoms with Gasteiger partial charge in [-0.25, -0.2) is 0 Å². The third kappa shape index (κ3) is 5.57. The van der Waals surface area contributed by atoms with Crippen LogP contribution in [0.5, 0.6) is 11.5 Å². The fourth-order valence-corrected chi connectivity index (χ4v) is 2.53. The molecule has 4 nitrogen and oxygen atoms in total. The summed E-state index contributed by atoms with van der Waals surface area (Å²) >= 11 is 3.40. The van der Waals surface area contributed by atoms with E-state index in [0.29, 0.717) is 29.7 Å². The molecule has 0 spiro atoms. The second-order valence-corrected chi connectivity index (χ2v) is 6.86. The van der Waals surface area contributed by atoms with Crippen molar-refractivity contribution in [3.63, 3.8) is 0 Å². The molecule has 5 heteroatoms. The number of aryl methyl sites for hydroxylation is 1. The fraction of sp³-hybridized carbons (Fsp3) is 0.316. The summed E-state index contributed by atoms with van der Waals surface area (Å²) in [7, 11) is 0. The van der Waals surface area contributed by atoms with Gasteiger partial charge in [-0.05, 0) is 48.7 Å². The molecule has 0 saturated carbocycles. The van der Waals surface area contributed by atoms with Crippen molar-refractivity contribution in [3.8, 4) is 11.5 Å². The number of anilines is 1. The number of halogens is 1. The molecule has 0 bridgehead atoms. The fourth-order valence-electron chi connectivity index (χ4n) is 2.06. The lowest BCUT2D eigenvalue weighted by Gasteiger charge is -2.14. The van der Waals surface area contributed by atoms with Crippen molar-refractivity contribution in [2.45, 2.75) is 20.8 Å². The number of carbonyl (C=O) groups is 1. The first kappa shape index (κ1) is 18.3. The molecule has 0 aliphatic heterocycles. The number of carbonyl (C=O) groups excluding carboxylic acids is 1. The maximum absolute atomic E-state index is 12.2. The van der Waals surface area contributed by atoms with Gasteiger partial charge in [0.05, 0.1) is 12.3 Å². The van der Waals surface area contributed by atoms with Crippen LogP contribution in [0.25, 0.3) is 0 Å². The quantitative estimate of drug-likeness (QED) is 0.736. The molecule has 0 radical (unpaired) electrons. The molecule has 2 rings (SSSR count). The van der Waals surface area contributed by atoms with Crippen LogP contribution < -0.4 is 14.8 Å². The summed E-state index contributed by atoms with van der Waals surface area (Å²) < 4.78 is 12.3. The van der Waals surface area contributed by atoms with Gasteiger partial charge in [0.15, 0.2) is 6.61 Å². The zero-order valence-corrected chi connectivity index (χ0v) is 15.7. The summed E-state index contributed by atoms with van der Waals surface area (Å²) in [5.41, 5.74) is 1.62. The normalized spacial score (nSPS) is 10.5. The van der Waals surface area contributed by atoms with Crippen molar-refractivity contribution in [3.05, 3.63) is 52.5 Å². The van der Waals surface area contributed by atoms with Crippen molar-refractivity contribution in [2.75, 3.05) is 18.5 Å². The largest absolute Gasteiger partial charge is 0.491 e. The van der Waals surface area contributed by atoms with E-state index in [0.717, 1.165) is 10.0 Å². The van der Waals surface area contributed by atoms with Gasteiger partial charge >= 0.3 is 0 Å². The molecule has 0 heterocycles. The van der Waals surface area contributed by atoms with Crippen molar-refractivity contribution >= 4 is 27.5 Å². The highest BCUT2D eigenvalue weighted by molar-refractivity contribution is 9.10. The SMILES string of the molecule is Cc1cc(Br)ccc1OCC(=O)Nc1ccccc1OCC(C)C. The molecule has 0 saturated heterocycles. The number of hydrogen-bond donors (Lipinski definition) is 1. The third-order valence-corrected chi connectivity index (χ3v) is 3.72. The minimum absolute atomic E-state index is 0.0546. The monoisotopic (exact) mass is 391 g/mol. The van der Waals surface area contributed by atoms with Gasteiger partial charge in [0.1, 0.15) is 11.5 Å². The highest BCUT2D eigenvalue weighted by atomic mass is 79.9. The lowest BCUT2D eigenvalue weighted by molar-refractivity contribution is -0.118. The average molecular weight is 392 g/mol. The number of ether oxygens (including phenoxy) is 2. The Morgan fingerprint density at radius 2 is 1.88 bits per heavy atom. The van der Waals surface area contributed by atoms with E-state index in [9.17, 15) is 4.79 Å². The molecule has 2 aromatic rings. The minimum Gasteiger partial charge on any atom is -0.491 e. The maximum atomic E-state index is 12.2. The summed E-state index contributed by atoms with van der Waals surface area (Å²) in [5, 5.41) is 2.84. The van der Waals surface area contributed by atoms with Gasteiger partial charge in [0, 0.05) is 4.47 Å². The van der Waals surface area contributed by atoms with Crippen LogP contribution in [-0.4, -0.2) is 19.1 Å². The lowest BCUT2D eigenvalue weighted by atomic mass is 10.2. The van der Waals surface area contributed by atoms with E-state index in [1.165, 1.54) is 0 Å². The summed E-state index contributed by atoms with van der Waals surface area (Å²) in [6.07, 6.45) is 0. The zero-order chi connectivity index (χ0) is 17.5. The number of benzene rings is 2. The highest BCUT2D eigenvalue weighted by Gasteiger charge is 2.10. The van der Waals surface area contributed by atoms with Crippen LogP contribution in [0.15, 0.2) is 46.9 Å². The minimum atomic E-state index is -0.224. The van der Waals surface area contributed by atoms with Crippen molar-refractivity contribution in [2.24, 2.45) is 5.92 Å². The molecule has 1 N–H and O–H groups in total. The molecular weight excluding hydrogens is 370 g/mol. The van der Waals surface area contributed by atoms with Crippen LogP contribution in [0.3, 0.4) is 0 Å². The van der Waals surface area contributed by atoms with Gasteiger partial charge in [0.2, 0.25) is 0 Å². The number of para-hydroxylation sites is 2. The van der Waals surface area contributed by atoms with E-state index < -0.39 is 0 Å². The number of amides is 1. The molecule has 0 aliphatic carbocycles. The van der Waals surface area contributed by atoms with E-state index in [-0.39, 0.29) is 12.5 Å². The molecule has 0 aliphatic rings. The van der Waals surface area contributed by atoms with Gasteiger partial charge in [-0.1, -0.05) is 41.9 Å². The van der Waals surface area contributed by atoms with Crippen LogP contribution in [0.4, 0.5) is 5.69 Å². The first-order valence-corrected chi connectivity index (χ1v) is 8.65. The van der Waals surface area contributed by atoms with Crippen LogP contribution >= 0.6 is 15.9 Å². The second-order valence-electron chi connectivity index (χ2n) is 5.95. The van der Waals surface area contributed by atoms with Gasteiger partial charge in [-0.2, -0.15) is 0 Å². The zero-order valence-electron chi connectivity index (χ0n) is 14.1. The Hall–Kier alpha value is -2.01. The molecule has 1 amide bonds. The highest BCUT2D eigenvalue weighted by Crippen LogP contribution is 2.25. The topological polar surface area (TPSA) is 47.6 Å². The van der Waals surface area contributed by atoms with Gasteiger partial charge < -0.3 is 14.8 Å². The predicted molar refractivity (Wildman–Crippen MR) is 99.8 cm³/mol. The van der Waals surface area contributed by atoms with Crippen molar-refractivity contribution in [1.82, 2.24) is 0 Å². The number of nitrogens with one attached hydrogen (secondary N) is 1. The van der Waals surface area contributed by atoms with Crippen molar-refractivity contribution in [1.29, 1.82) is 0 Å². The van der Waals surface area contributed by atoms with Crippen LogP contribution in [-0.2, 0) is 4.79 Å². The third-order valence-electron chi connectivity index (χ3n) is 3.23. The van der Waals surface area contributed by atoms with Crippen LogP contribution in [0, 0.1) is 12.8 Å². The first-order valence-electron chi connectivity index (χ1n) is 7.86. The molecule has 0 fully saturated rings. The van der Waals surface area contributed by atoms with Crippen LogP contribution in [0.2, 0.25) is 0 Å². The standard InChI is InChI=1S/C19H22BrNO3/c1-13(2)11-23-18-7-5-4-6-16(18)21-19(22)12-24-17-9-8-15(20)10-14(17)3/h4-10,13H,11-12H2,1-3H3,(H,21,22). The van der Waals surface area contributed by atoms with E-state index in [2.05, 4.69) is 35.1 Å². The molecule has 128 valence electrons. The summed E-state index contributed by atoms with van der Waals surface area (Å²) in [4.78, 5) is 12.2. The van der Waals surface area contributed by atoms with Crippen molar-refractivity contribution < 1.29 is 14.3 Å². The molecule has 0 aromatic heterocycles. The smallest absolute Gasteiger partial charge is 0.262 e. The molecule has 2 aromatic carbocycles. The maximum Gasteiger partial charge on any atom is 0.262 e. The summed E-state index contributed by atoms with van der Waals surface area (Å²) in [6, 6.07) is 13.1. The lowest BCUT2D eigenvalue weighted by Crippen LogP contribution is -2.21. The van der Waals surface area contributed by atoms with Gasteiger partial charge in [0.25, 0.3) is 5.91 Å². The molecule has 24 heavy (non-hydrogen) atoms. The molecule has 0 unspecified atom stereocenters. The Morgan fingerprint density at radius 1 is 1.12 bits per heavy atom. The summed E-state index contributed by atoms with van der Waals surface area (Å²) in [6.45, 7) is 6.64. The first-order chi connectivity index (χ1) is 11.5. The summed E-state index contributed by atoms with van der Waals surface area (Å²) in [5.74, 6) is 1.55. The second kappa shape index (κ2) is 8.73. The Kier molecular flexibility index (Phi) is 6.67.